The lowest BCUT2D eigenvalue weighted by molar-refractivity contribution is 0.0488. The highest BCUT2D eigenvalue weighted by Crippen LogP contribution is 2.20. The van der Waals surface area contributed by atoms with Crippen LogP contribution < -0.4 is 10.1 Å². The lowest BCUT2D eigenvalue weighted by Crippen LogP contribution is -2.18. The number of esters is 1. The molecule has 6 heteroatoms. The lowest BCUT2D eigenvalue weighted by Gasteiger charge is -2.14. The van der Waals surface area contributed by atoms with Crippen LogP contribution in [0, 0.1) is 0 Å². The molecule has 0 bridgehead atoms. The van der Waals surface area contributed by atoms with Crippen LogP contribution in [0.15, 0.2) is 40.8 Å². The van der Waals surface area contributed by atoms with Crippen molar-refractivity contribution < 1.29 is 23.4 Å². The Morgan fingerprint density at radius 1 is 1.23 bits per heavy atom. The molecule has 140 valence electrons. The normalized spacial score (nSPS) is 16.6. The minimum absolute atomic E-state index is 0.195. The van der Waals surface area contributed by atoms with Gasteiger partial charge >= 0.3 is 5.97 Å². The average Bonchev–Trinajstić information content (AvgIpc) is 3.33. The van der Waals surface area contributed by atoms with Crippen LogP contribution >= 0.6 is 0 Å². The second-order valence-electron chi connectivity index (χ2n) is 6.14. The Kier molecular flexibility index (Phi) is 6.68. The Bertz CT molecular complexity index is 706. The molecule has 0 spiro atoms. The van der Waals surface area contributed by atoms with Gasteiger partial charge < -0.3 is 23.9 Å². The third-order valence-electron chi connectivity index (χ3n) is 4.17. The Morgan fingerprint density at radius 3 is 2.92 bits per heavy atom. The predicted octanol–water partition coefficient (Wildman–Crippen LogP) is 3.30. The SMILES string of the molecule is CCOC(=O)c1ccc(CNCc2ccccc2OCC2CCCO2)o1. The van der Waals surface area contributed by atoms with Gasteiger partial charge in [-0.2, -0.15) is 0 Å². The van der Waals surface area contributed by atoms with Crippen LogP contribution in [-0.2, 0) is 22.6 Å². The van der Waals surface area contributed by atoms with Crippen molar-refractivity contribution in [3.05, 3.63) is 53.5 Å². The molecule has 0 radical (unpaired) electrons. The first-order valence-corrected chi connectivity index (χ1v) is 9.05. The van der Waals surface area contributed by atoms with Gasteiger partial charge in [-0.1, -0.05) is 18.2 Å². The molecule has 1 aromatic heterocycles. The summed E-state index contributed by atoms with van der Waals surface area (Å²) in [6.45, 7) is 4.65. The Hall–Kier alpha value is -2.31. The number of benzene rings is 1. The molecule has 6 nitrogen and oxygen atoms in total. The van der Waals surface area contributed by atoms with Crippen molar-refractivity contribution in [2.24, 2.45) is 0 Å². The van der Waals surface area contributed by atoms with Crippen LogP contribution in [0.25, 0.3) is 0 Å². The molecule has 0 saturated carbocycles. The fraction of sp³-hybridized carbons (Fsp3) is 0.450. The van der Waals surface area contributed by atoms with Crippen LogP contribution in [0.3, 0.4) is 0 Å². The summed E-state index contributed by atoms with van der Waals surface area (Å²) in [4.78, 5) is 11.6. The topological polar surface area (TPSA) is 69.9 Å². The number of carbonyl (C=O) groups excluding carboxylic acids is 1. The largest absolute Gasteiger partial charge is 0.491 e. The van der Waals surface area contributed by atoms with Crippen LogP contribution in [0.5, 0.6) is 5.75 Å². The number of hydrogen-bond acceptors (Lipinski definition) is 6. The van der Waals surface area contributed by atoms with E-state index in [2.05, 4.69) is 5.32 Å². The van der Waals surface area contributed by atoms with Gasteiger partial charge in [0.05, 0.1) is 19.3 Å². The van der Waals surface area contributed by atoms with Gasteiger partial charge in [0, 0.05) is 18.7 Å². The van der Waals surface area contributed by atoms with Gasteiger partial charge in [0.25, 0.3) is 0 Å². The van der Waals surface area contributed by atoms with Gasteiger partial charge in [0.15, 0.2) is 0 Å². The molecule has 1 fully saturated rings. The van der Waals surface area contributed by atoms with E-state index in [9.17, 15) is 4.79 Å². The van der Waals surface area contributed by atoms with E-state index in [1.165, 1.54) is 0 Å². The van der Waals surface area contributed by atoms with Gasteiger partial charge in [0.1, 0.15) is 18.1 Å². The molecule has 1 unspecified atom stereocenters. The summed E-state index contributed by atoms with van der Waals surface area (Å²) in [6, 6.07) is 11.4. The molecule has 26 heavy (non-hydrogen) atoms. The van der Waals surface area contributed by atoms with Crippen LogP contribution in [0.2, 0.25) is 0 Å². The molecule has 1 N–H and O–H groups in total. The van der Waals surface area contributed by atoms with Crippen molar-refractivity contribution >= 4 is 5.97 Å². The highest BCUT2D eigenvalue weighted by atomic mass is 16.5. The molecule has 1 aliphatic rings. The first-order valence-electron chi connectivity index (χ1n) is 9.05. The number of nitrogens with one attached hydrogen (secondary N) is 1. The zero-order valence-electron chi connectivity index (χ0n) is 15.0. The summed E-state index contributed by atoms with van der Waals surface area (Å²) in [5, 5.41) is 3.31. The van der Waals surface area contributed by atoms with Crippen molar-refractivity contribution in [2.45, 2.75) is 39.0 Å². The van der Waals surface area contributed by atoms with Crippen LogP contribution in [0.1, 0.15) is 41.6 Å². The zero-order valence-corrected chi connectivity index (χ0v) is 15.0. The summed E-state index contributed by atoms with van der Waals surface area (Å²) in [5.41, 5.74) is 1.07. The molecule has 1 aliphatic heterocycles. The number of furan rings is 1. The fourth-order valence-corrected chi connectivity index (χ4v) is 2.85. The second-order valence-corrected chi connectivity index (χ2v) is 6.14. The maximum absolute atomic E-state index is 11.6. The smallest absolute Gasteiger partial charge is 0.374 e. The maximum Gasteiger partial charge on any atom is 0.374 e. The second kappa shape index (κ2) is 9.40. The molecule has 2 aromatic rings. The summed E-state index contributed by atoms with van der Waals surface area (Å²) in [7, 11) is 0. The van der Waals surface area contributed by atoms with Crippen LogP contribution in [-0.4, -0.2) is 31.9 Å². The summed E-state index contributed by atoms with van der Waals surface area (Å²) in [6.07, 6.45) is 2.36. The van der Waals surface area contributed by atoms with Gasteiger partial charge in [-0.25, -0.2) is 4.79 Å². The number of hydrogen-bond donors (Lipinski definition) is 1. The van der Waals surface area contributed by atoms with Crippen molar-refractivity contribution in [2.75, 3.05) is 19.8 Å². The fourth-order valence-electron chi connectivity index (χ4n) is 2.85. The molecule has 1 aromatic carbocycles. The van der Waals surface area contributed by atoms with E-state index >= 15 is 0 Å². The van der Waals surface area contributed by atoms with E-state index < -0.39 is 5.97 Å². The average molecular weight is 359 g/mol. The minimum atomic E-state index is -0.438. The van der Waals surface area contributed by atoms with E-state index in [1.807, 2.05) is 24.3 Å². The van der Waals surface area contributed by atoms with Crippen molar-refractivity contribution in [3.63, 3.8) is 0 Å². The third kappa shape index (κ3) is 5.09. The van der Waals surface area contributed by atoms with E-state index in [-0.39, 0.29) is 11.9 Å². The molecular formula is C20H25NO5. The summed E-state index contributed by atoms with van der Waals surface area (Å²) < 4.78 is 22.0. The van der Waals surface area contributed by atoms with E-state index in [0.29, 0.717) is 32.1 Å². The predicted molar refractivity (Wildman–Crippen MR) is 96.1 cm³/mol. The van der Waals surface area contributed by atoms with Crippen LogP contribution in [0.4, 0.5) is 0 Å². The lowest BCUT2D eigenvalue weighted by atomic mass is 10.2. The Morgan fingerprint density at radius 2 is 2.12 bits per heavy atom. The van der Waals surface area contributed by atoms with Crippen molar-refractivity contribution in [3.8, 4) is 5.75 Å². The first kappa shape index (κ1) is 18.5. The van der Waals surface area contributed by atoms with Crippen molar-refractivity contribution in [1.82, 2.24) is 5.32 Å². The molecule has 0 aliphatic carbocycles. The van der Waals surface area contributed by atoms with E-state index in [4.69, 9.17) is 18.6 Å². The molecule has 1 saturated heterocycles. The number of ether oxygens (including phenoxy) is 3. The highest BCUT2D eigenvalue weighted by Gasteiger charge is 2.17. The highest BCUT2D eigenvalue weighted by molar-refractivity contribution is 5.86. The van der Waals surface area contributed by atoms with Gasteiger partial charge in [-0.15, -0.1) is 0 Å². The first-order chi connectivity index (χ1) is 12.8. The summed E-state index contributed by atoms with van der Waals surface area (Å²) in [5.74, 6) is 1.34. The molecule has 0 amide bonds. The number of rotatable bonds is 9. The molecule has 1 atom stereocenters. The van der Waals surface area contributed by atoms with Gasteiger partial charge in [0.2, 0.25) is 5.76 Å². The van der Waals surface area contributed by atoms with E-state index in [1.54, 1.807) is 19.1 Å². The minimum Gasteiger partial charge on any atom is -0.491 e. The monoisotopic (exact) mass is 359 g/mol. The van der Waals surface area contributed by atoms with Gasteiger partial charge in [-0.05, 0) is 38.0 Å². The van der Waals surface area contributed by atoms with E-state index in [0.717, 1.165) is 30.8 Å². The standard InChI is InChI=1S/C20H25NO5/c1-2-23-20(22)19-10-9-16(26-19)13-21-12-15-6-3-4-8-18(15)25-14-17-7-5-11-24-17/h3-4,6,8-10,17,21H,2,5,7,11-14H2,1H3. The Balaban J connectivity index is 1.49. The maximum atomic E-state index is 11.6. The molecular weight excluding hydrogens is 334 g/mol. The Labute approximate surface area is 153 Å². The van der Waals surface area contributed by atoms with Gasteiger partial charge in [-0.3, -0.25) is 0 Å². The summed E-state index contributed by atoms with van der Waals surface area (Å²) >= 11 is 0. The molecule has 3 rings (SSSR count). The molecule has 2 heterocycles. The van der Waals surface area contributed by atoms with Crippen molar-refractivity contribution in [1.29, 1.82) is 0 Å². The number of carbonyl (C=O) groups is 1. The third-order valence-corrected chi connectivity index (χ3v) is 4.17. The zero-order chi connectivity index (χ0) is 18.2. The number of para-hydroxylation sites is 1. The quantitative estimate of drug-likeness (QED) is 0.693.